The van der Waals surface area contributed by atoms with Gasteiger partial charge >= 0.3 is 0 Å². The van der Waals surface area contributed by atoms with E-state index in [0.29, 0.717) is 35.1 Å². The van der Waals surface area contributed by atoms with Crippen LogP contribution in [0.2, 0.25) is 0 Å². The van der Waals surface area contributed by atoms with Gasteiger partial charge in [-0.25, -0.2) is 9.97 Å². The number of benzene rings is 1. The van der Waals surface area contributed by atoms with Crippen LogP contribution in [0.25, 0.3) is 11.1 Å². The minimum absolute atomic E-state index is 0.0246. The lowest BCUT2D eigenvalue weighted by Gasteiger charge is -2.19. The van der Waals surface area contributed by atoms with Crippen LogP contribution in [0, 0.1) is 29.6 Å². The molecule has 10 nitrogen and oxygen atoms in total. The van der Waals surface area contributed by atoms with Crippen molar-refractivity contribution in [3.05, 3.63) is 47.2 Å². The van der Waals surface area contributed by atoms with Crippen molar-refractivity contribution in [1.29, 1.82) is 10.5 Å². The largest absolute Gasteiger partial charge is 0.493 e. The highest BCUT2D eigenvalue weighted by molar-refractivity contribution is 8.00. The molecule has 2 heterocycles. The van der Waals surface area contributed by atoms with Gasteiger partial charge in [0.05, 0.1) is 32.1 Å². The Labute approximate surface area is 219 Å². The Bertz CT molecular complexity index is 1370. The van der Waals surface area contributed by atoms with E-state index in [1.807, 2.05) is 26.0 Å². The molecular weight excluding hydrogens is 492 g/mol. The zero-order valence-electron chi connectivity index (χ0n) is 21.1. The first-order chi connectivity index (χ1) is 17.8. The van der Waals surface area contributed by atoms with E-state index in [1.165, 1.54) is 21.3 Å². The number of methoxy groups -OCH3 is 3. The molecule has 0 aliphatic heterocycles. The number of carbonyl (C=O) groups excluding carboxylic acids is 1. The first-order valence-electron chi connectivity index (χ1n) is 11.2. The second kappa shape index (κ2) is 12.0. The van der Waals surface area contributed by atoms with Crippen LogP contribution in [0.4, 0.5) is 11.6 Å². The van der Waals surface area contributed by atoms with Crippen molar-refractivity contribution in [2.75, 3.05) is 32.4 Å². The maximum Gasteiger partial charge on any atom is 0.239 e. The summed E-state index contributed by atoms with van der Waals surface area (Å²) in [6, 6.07) is 11.0. The van der Waals surface area contributed by atoms with E-state index in [2.05, 4.69) is 21.4 Å². The Morgan fingerprint density at radius 2 is 1.76 bits per heavy atom. The minimum Gasteiger partial charge on any atom is -0.493 e. The lowest BCUT2D eigenvalue weighted by molar-refractivity contribution is -0.115. The molecular formula is C26H26N6O4S. The molecule has 1 atom stereocenters. The average molecular weight is 519 g/mol. The molecule has 0 fully saturated rings. The van der Waals surface area contributed by atoms with Gasteiger partial charge in [-0.05, 0) is 42.7 Å². The summed E-state index contributed by atoms with van der Waals surface area (Å²) in [6.45, 7) is 3.75. The van der Waals surface area contributed by atoms with Crippen LogP contribution in [-0.4, -0.2) is 42.5 Å². The Hall–Kier alpha value is -4.48. The van der Waals surface area contributed by atoms with Crippen LogP contribution in [0.15, 0.2) is 35.5 Å². The van der Waals surface area contributed by atoms with Gasteiger partial charge in [-0.3, -0.25) is 4.79 Å². The van der Waals surface area contributed by atoms with E-state index in [9.17, 15) is 15.3 Å². The first-order valence-corrected chi connectivity index (χ1v) is 12.0. The fourth-order valence-electron chi connectivity index (χ4n) is 3.60. The number of rotatable bonds is 9. The molecule has 0 aliphatic carbocycles. The van der Waals surface area contributed by atoms with Gasteiger partial charge in [0.1, 0.15) is 34.4 Å². The van der Waals surface area contributed by atoms with Gasteiger partial charge in [0.2, 0.25) is 11.7 Å². The molecule has 37 heavy (non-hydrogen) atoms. The van der Waals surface area contributed by atoms with Gasteiger partial charge in [0.15, 0.2) is 11.5 Å². The zero-order chi connectivity index (χ0) is 27.1. The topological polar surface area (TPSA) is 156 Å². The highest BCUT2D eigenvalue weighted by atomic mass is 32.2. The number of thioether (sulfide) groups is 1. The van der Waals surface area contributed by atoms with Gasteiger partial charge in [-0.2, -0.15) is 10.5 Å². The molecule has 0 saturated carbocycles. The van der Waals surface area contributed by atoms with Crippen molar-refractivity contribution in [2.24, 2.45) is 0 Å². The summed E-state index contributed by atoms with van der Waals surface area (Å²) in [6.07, 6.45) is 2.10. The maximum absolute atomic E-state index is 13.0. The van der Waals surface area contributed by atoms with Crippen LogP contribution < -0.4 is 25.3 Å². The fraction of sp³-hybridized carbons (Fsp3) is 0.269. The smallest absolute Gasteiger partial charge is 0.239 e. The Kier molecular flexibility index (Phi) is 8.77. The molecule has 3 aromatic rings. The van der Waals surface area contributed by atoms with Gasteiger partial charge < -0.3 is 25.3 Å². The van der Waals surface area contributed by atoms with Gasteiger partial charge in [-0.15, -0.1) is 0 Å². The molecule has 0 saturated heterocycles. The second-order valence-electron chi connectivity index (χ2n) is 7.79. The molecule has 1 aromatic carbocycles. The summed E-state index contributed by atoms with van der Waals surface area (Å²) in [5.74, 6) is 1.08. The predicted octanol–water partition coefficient (Wildman–Crippen LogP) is 4.31. The van der Waals surface area contributed by atoms with Gasteiger partial charge in [-0.1, -0.05) is 24.8 Å². The average Bonchev–Trinajstić information content (AvgIpc) is 2.91. The molecule has 190 valence electrons. The maximum atomic E-state index is 13.0. The minimum atomic E-state index is -0.608. The molecule has 0 spiro atoms. The van der Waals surface area contributed by atoms with Crippen LogP contribution in [0.1, 0.15) is 30.0 Å². The number of nitrogens with two attached hydrogens (primary N) is 1. The van der Waals surface area contributed by atoms with Crippen LogP contribution >= 0.6 is 11.8 Å². The highest BCUT2D eigenvalue weighted by Gasteiger charge is 2.27. The van der Waals surface area contributed by atoms with Crippen molar-refractivity contribution < 1.29 is 19.0 Å². The van der Waals surface area contributed by atoms with Gasteiger partial charge in [0.25, 0.3) is 0 Å². The van der Waals surface area contributed by atoms with E-state index >= 15 is 0 Å². The predicted molar refractivity (Wildman–Crippen MR) is 141 cm³/mol. The molecule has 11 heteroatoms. The number of anilines is 2. The molecule has 2 aromatic heterocycles. The van der Waals surface area contributed by atoms with E-state index in [1.54, 1.807) is 24.4 Å². The molecule has 1 unspecified atom stereocenters. The Morgan fingerprint density at radius 1 is 1.11 bits per heavy atom. The number of nitrogen functional groups attached to an aromatic ring is 1. The number of hydrogen-bond donors (Lipinski definition) is 2. The van der Waals surface area contributed by atoms with Crippen molar-refractivity contribution in [1.82, 2.24) is 9.97 Å². The normalized spacial score (nSPS) is 11.1. The Balaban J connectivity index is 2.12. The lowest BCUT2D eigenvalue weighted by Crippen LogP contribution is -2.25. The number of aromatic nitrogens is 2. The molecule has 3 rings (SSSR count). The number of carbonyl (C=O) groups is 1. The molecule has 0 bridgehead atoms. The number of nitrogens with one attached hydrogen (secondary N) is 1. The van der Waals surface area contributed by atoms with E-state index < -0.39 is 5.25 Å². The quantitative estimate of drug-likeness (QED) is 0.391. The standard InChI is InChI=1S/C26H26N6O4S/c1-6-20(25(33)31-21-8-7-14(2)13-30-21)37-26-17(12-28)22(16(11-27)24(29)32-26)15-9-18(34-3)23(36-5)19(10-15)35-4/h7-10,13,20H,6H2,1-5H3,(H2,29,32)(H,30,31,33). The number of nitriles is 2. The fourth-order valence-corrected chi connectivity index (χ4v) is 4.62. The van der Waals surface area contributed by atoms with Crippen LogP contribution in [-0.2, 0) is 4.79 Å². The summed E-state index contributed by atoms with van der Waals surface area (Å²) in [5, 5.41) is 22.4. The first kappa shape index (κ1) is 27.1. The number of pyridine rings is 2. The molecule has 1 amide bonds. The van der Waals surface area contributed by atoms with Gasteiger partial charge in [0, 0.05) is 11.8 Å². The van der Waals surface area contributed by atoms with Crippen LogP contribution in [0.5, 0.6) is 17.2 Å². The number of amides is 1. The number of nitrogens with zero attached hydrogens (tertiary/aromatic N) is 4. The third-order valence-electron chi connectivity index (χ3n) is 5.45. The van der Waals surface area contributed by atoms with E-state index in [0.717, 1.165) is 17.3 Å². The lowest BCUT2D eigenvalue weighted by atomic mass is 9.96. The monoisotopic (exact) mass is 518 g/mol. The zero-order valence-corrected chi connectivity index (χ0v) is 21.9. The molecule has 3 N–H and O–H groups in total. The molecule has 0 aliphatic rings. The van der Waals surface area contributed by atoms with Crippen LogP contribution in [0.3, 0.4) is 0 Å². The SMILES string of the molecule is CCC(Sc1nc(N)c(C#N)c(-c2cc(OC)c(OC)c(OC)c2)c1C#N)C(=O)Nc1ccc(C)cn1. The number of hydrogen-bond acceptors (Lipinski definition) is 10. The van der Waals surface area contributed by atoms with E-state index in [4.69, 9.17) is 19.9 Å². The van der Waals surface area contributed by atoms with Crippen molar-refractivity contribution in [3.63, 3.8) is 0 Å². The number of ether oxygens (including phenoxy) is 3. The third kappa shape index (κ3) is 5.68. The van der Waals surface area contributed by atoms with E-state index in [-0.39, 0.29) is 33.4 Å². The second-order valence-corrected chi connectivity index (χ2v) is 8.98. The van der Waals surface area contributed by atoms with Crippen molar-refractivity contribution in [2.45, 2.75) is 30.5 Å². The summed E-state index contributed by atoms with van der Waals surface area (Å²) in [7, 11) is 4.41. The van der Waals surface area contributed by atoms with Crippen molar-refractivity contribution >= 4 is 29.3 Å². The Morgan fingerprint density at radius 3 is 2.24 bits per heavy atom. The highest BCUT2D eigenvalue weighted by Crippen LogP contribution is 2.44. The summed E-state index contributed by atoms with van der Waals surface area (Å²) >= 11 is 1.09. The third-order valence-corrected chi connectivity index (χ3v) is 6.80. The van der Waals surface area contributed by atoms with Crippen molar-refractivity contribution in [3.8, 4) is 40.5 Å². The summed E-state index contributed by atoms with van der Waals surface area (Å²) < 4.78 is 16.3. The summed E-state index contributed by atoms with van der Waals surface area (Å²) in [4.78, 5) is 21.6. The summed E-state index contributed by atoms with van der Waals surface area (Å²) in [5.41, 5.74) is 7.96. The number of aryl methyl sites for hydroxylation is 1. The molecule has 0 radical (unpaired) electrons.